The third-order valence-corrected chi connectivity index (χ3v) is 6.67. The molecule has 0 saturated heterocycles. The summed E-state index contributed by atoms with van der Waals surface area (Å²) in [5.74, 6) is 1.57. The van der Waals surface area contributed by atoms with Gasteiger partial charge in [-0.25, -0.2) is 0 Å². The van der Waals surface area contributed by atoms with E-state index >= 15 is 0 Å². The molecule has 1 aliphatic heterocycles. The van der Waals surface area contributed by atoms with Crippen molar-refractivity contribution in [3.63, 3.8) is 0 Å². The van der Waals surface area contributed by atoms with Crippen LogP contribution in [0.25, 0.3) is 0 Å². The minimum absolute atomic E-state index is 0.0581. The van der Waals surface area contributed by atoms with Gasteiger partial charge in [-0.2, -0.15) is 5.10 Å². The third kappa shape index (κ3) is 2.42. The molecular weight excluding hydrogens is 358 g/mol. The summed E-state index contributed by atoms with van der Waals surface area (Å²) in [5.41, 5.74) is 4.46. The number of anilines is 1. The molecule has 27 heavy (non-hydrogen) atoms. The number of nitrogens with one attached hydrogen (secondary N) is 2. The molecule has 2 N–H and O–H groups in total. The Morgan fingerprint density at radius 3 is 2.59 bits per heavy atom. The summed E-state index contributed by atoms with van der Waals surface area (Å²) < 4.78 is 0. The first-order valence-electron chi connectivity index (χ1n) is 9.69. The van der Waals surface area contributed by atoms with Crippen molar-refractivity contribution in [2.24, 2.45) is 5.41 Å². The quantitative estimate of drug-likeness (QED) is 0.740. The van der Waals surface area contributed by atoms with E-state index in [4.69, 9.17) is 11.6 Å². The molecule has 140 valence electrons. The van der Waals surface area contributed by atoms with Crippen LogP contribution < -0.4 is 5.32 Å². The molecule has 1 aromatic heterocycles. The monoisotopic (exact) mass is 381 g/mol. The lowest BCUT2D eigenvalue weighted by atomic mass is 9.61. The highest BCUT2D eigenvalue weighted by atomic mass is 35.5. The Morgan fingerprint density at radius 2 is 1.89 bits per heavy atom. The largest absolute Gasteiger partial charge is 0.342 e. The maximum atomic E-state index is 13.4. The molecule has 1 saturated carbocycles. The van der Waals surface area contributed by atoms with E-state index in [0.29, 0.717) is 17.4 Å². The maximum Gasteiger partial charge on any atom is 0.162 e. The summed E-state index contributed by atoms with van der Waals surface area (Å²) >= 11 is 6.68. The van der Waals surface area contributed by atoms with E-state index in [9.17, 15) is 4.79 Å². The van der Waals surface area contributed by atoms with Crippen molar-refractivity contribution < 1.29 is 4.79 Å². The van der Waals surface area contributed by atoms with Gasteiger partial charge in [-0.1, -0.05) is 43.6 Å². The van der Waals surface area contributed by atoms with Crippen LogP contribution >= 0.6 is 11.6 Å². The number of H-pyrrole nitrogens is 1. The number of rotatable bonds is 2. The van der Waals surface area contributed by atoms with Crippen molar-refractivity contribution in [2.75, 3.05) is 5.32 Å². The third-order valence-electron chi connectivity index (χ3n) is 6.34. The number of hydrogen-bond donors (Lipinski definition) is 2. The molecule has 0 bridgehead atoms. The highest BCUT2D eigenvalue weighted by Crippen LogP contribution is 2.56. The first kappa shape index (κ1) is 17.1. The molecule has 0 amide bonds. The number of fused-ring (bicyclic) bond motifs is 1. The lowest BCUT2D eigenvalue weighted by Gasteiger charge is -2.44. The maximum absolute atomic E-state index is 13.4. The van der Waals surface area contributed by atoms with Crippen LogP contribution in [0, 0.1) is 5.41 Å². The second kappa shape index (κ2) is 5.48. The van der Waals surface area contributed by atoms with Crippen molar-refractivity contribution in [3.05, 3.63) is 57.4 Å². The zero-order valence-corrected chi connectivity index (χ0v) is 16.7. The fourth-order valence-corrected chi connectivity index (χ4v) is 5.36. The van der Waals surface area contributed by atoms with Crippen LogP contribution in [0.1, 0.15) is 69.2 Å². The van der Waals surface area contributed by atoms with Crippen LogP contribution in [0.4, 0.5) is 5.82 Å². The summed E-state index contributed by atoms with van der Waals surface area (Å²) in [5, 5.41) is 12.1. The first-order valence-corrected chi connectivity index (χ1v) is 10.1. The molecule has 0 spiro atoms. The molecule has 0 unspecified atom stereocenters. The van der Waals surface area contributed by atoms with Crippen molar-refractivity contribution >= 4 is 23.2 Å². The normalized spacial score (nSPS) is 26.4. The number of aromatic amines is 1. The number of hydrogen-bond acceptors (Lipinski definition) is 3. The fourth-order valence-electron chi connectivity index (χ4n) is 5.03. The van der Waals surface area contributed by atoms with E-state index in [1.165, 1.54) is 12.8 Å². The van der Waals surface area contributed by atoms with Gasteiger partial charge in [-0.3, -0.25) is 9.89 Å². The molecular formula is C22H24ClN3O. The Balaban J connectivity index is 1.82. The standard InChI is InChI=1S/C22H24ClN3O/c1-21(2)10-15-17(16(27)11-21)22(3,13-6-4-5-7-14(13)23)18-19(12-8-9-12)25-26-20(18)24-15/h4-7,12H,8-11H2,1-3H3,(H2,24,25,26)/t22-/m1/s1. The Bertz CT molecular complexity index is 999. The molecule has 3 aliphatic rings. The predicted octanol–water partition coefficient (Wildman–Crippen LogP) is 5.32. The van der Waals surface area contributed by atoms with Crippen molar-refractivity contribution in [1.29, 1.82) is 0 Å². The smallest absolute Gasteiger partial charge is 0.162 e. The van der Waals surface area contributed by atoms with Crippen LogP contribution in [0.2, 0.25) is 5.02 Å². The first-order chi connectivity index (χ1) is 12.8. The molecule has 2 aliphatic carbocycles. The summed E-state index contributed by atoms with van der Waals surface area (Å²) in [6.45, 7) is 6.46. The summed E-state index contributed by atoms with van der Waals surface area (Å²) in [4.78, 5) is 13.4. The zero-order valence-electron chi connectivity index (χ0n) is 15.9. The van der Waals surface area contributed by atoms with Crippen LogP contribution in [0.15, 0.2) is 35.5 Å². The van der Waals surface area contributed by atoms with Crippen molar-refractivity contribution in [1.82, 2.24) is 10.2 Å². The number of aromatic nitrogens is 2. The average molecular weight is 382 g/mol. The predicted molar refractivity (Wildman–Crippen MR) is 107 cm³/mol. The van der Waals surface area contributed by atoms with Gasteiger partial charge in [0.05, 0.1) is 5.41 Å². The lowest BCUT2D eigenvalue weighted by Crippen LogP contribution is -2.42. The molecule has 1 fully saturated rings. The number of ketones is 1. The van der Waals surface area contributed by atoms with E-state index in [1.807, 2.05) is 18.2 Å². The van der Waals surface area contributed by atoms with E-state index in [2.05, 4.69) is 42.4 Å². The topological polar surface area (TPSA) is 57.8 Å². The summed E-state index contributed by atoms with van der Waals surface area (Å²) in [6, 6.07) is 7.91. The number of halogens is 1. The molecule has 4 nitrogen and oxygen atoms in total. The molecule has 5 rings (SSSR count). The fraction of sp³-hybridized carbons (Fsp3) is 0.455. The number of allylic oxidation sites excluding steroid dienone is 2. The highest BCUT2D eigenvalue weighted by molar-refractivity contribution is 6.31. The number of nitrogens with zero attached hydrogens (tertiary/aromatic N) is 1. The highest BCUT2D eigenvalue weighted by Gasteiger charge is 2.51. The van der Waals surface area contributed by atoms with Crippen molar-refractivity contribution in [3.8, 4) is 0 Å². The molecule has 1 aromatic carbocycles. The van der Waals surface area contributed by atoms with Gasteiger partial charge in [0.1, 0.15) is 0 Å². The summed E-state index contributed by atoms with van der Waals surface area (Å²) in [6.07, 6.45) is 3.72. The minimum Gasteiger partial charge on any atom is -0.342 e. The van der Waals surface area contributed by atoms with Crippen LogP contribution in [-0.2, 0) is 10.2 Å². The Morgan fingerprint density at radius 1 is 1.15 bits per heavy atom. The second-order valence-corrected chi connectivity index (χ2v) is 9.57. The minimum atomic E-state index is -0.591. The molecule has 2 heterocycles. The zero-order chi connectivity index (χ0) is 19.0. The Labute approximate surface area is 164 Å². The Hall–Kier alpha value is -2.07. The van der Waals surface area contributed by atoms with Crippen molar-refractivity contribution in [2.45, 2.75) is 57.8 Å². The molecule has 1 atom stereocenters. The summed E-state index contributed by atoms with van der Waals surface area (Å²) in [7, 11) is 0. The van der Waals surface area contributed by atoms with Gasteiger partial charge in [-0.15, -0.1) is 0 Å². The van der Waals surface area contributed by atoms with E-state index in [1.54, 1.807) is 0 Å². The van der Waals surface area contributed by atoms with E-state index in [-0.39, 0.29) is 11.2 Å². The number of carbonyl (C=O) groups excluding carboxylic acids is 1. The molecule has 2 aromatic rings. The number of benzene rings is 1. The van der Waals surface area contributed by atoms with Gasteiger partial charge >= 0.3 is 0 Å². The van der Waals surface area contributed by atoms with Gasteiger partial charge in [0.25, 0.3) is 0 Å². The van der Waals surface area contributed by atoms with Crippen LogP contribution in [0.5, 0.6) is 0 Å². The second-order valence-electron chi connectivity index (χ2n) is 9.16. The van der Waals surface area contributed by atoms with E-state index in [0.717, 1.165) is 40.3 Å². The van der Waals surface area contributed by atoms with Gasteiger partial charge in [0.2, 0.25) is 0 Å². The van der Waals surface area contributed by atoms with Crippen LogP contribution in [0.3, 0.4) is 0 Å². The number of Topliss-reactive ketones (excluding diaryl/α,β-unsaturated/α-hetero) is 1. The van der Waals surface area contributed by atoms with E-state index < -0.39 is 5.41 Å². The van der Waals surface area contributed by atoms with Crippen LogP contribution in [-0.4, -0.2) is 16.0 Å². The molecule has 0 radical (unpaired) electrons. The lowest BCUT2D eigenvalue weighted by molar-refractivity contribution is -0.118. The Kier molecular flexibility index (Phi) is 3.46. The molecule has 5 heteroatoms. The van der Waals surface area contributed by atoms with Gasteiger partial charge in [-0.05, 0) is 43.2 Å². The van der Waals surface area contributed by atoms with Gasteiger partial charge in [0, 0.05) is 39.9 Å². The van der Waals surface area contributed by atoms with Gasteiger partial charge in [0.15, 0.2) is 11.6 Å². The SMILES string of the molecule is CC1(C)CC(=O)C2=C(C1)Nc1n[nH]c(C3CC3)c1[C@]2(C)c1ccccc1Cl. The average Bonchev–Trinajstić information content (AvgIpc) is 3.33. The number of carbonyl (C=O) groups is 1. The van der Waals surface area contributed by atoms with Gasteiger partial charge < -0.3 is 5.32 Å².